The maximum Gasteiger partial charge on any atom is 0.329 e. The van der Waals surface area contributed by atoms with Crippen molar-refractivity contribution < 1.29 is 9.00 Å². The first kappa shape index (κ1) is 12.7. The summed E-state index contributed by atoms with van der Waals surface area (Å²) in [4.78, 5) is 13.7. The Kier molecular flexibility index (Phi) is 4.49. The van der Waals surface area contributed by atoms with Crippen molar-refractivity contribution in [3.63, 3.8) is 0 Å². The molecule has 2 amide bonds. The molecule has 0 fully saturated rings. The van der Waals surface area contributed by atoms with Gasteiger partial charge in [0.25, 0.3) is 0 Å². The fraction of sp³-hybridized carbons (Fsp3) is 0.364. The second kappa shape index (κ2) is 5.65. The van der Waals surface area contributed by atoms with E-state index in [9.17, 15) is 9.00 Å². The van der Waals surface area contributed by atoms with Gasteiger partial charge in [0.1, 0.15) is 0 Å². The number of urea groups is 1. The van der Waals surface area contributed by atoms with Crippen LogP contribution in [0, 0.1) is 0 Å². The smallest absolute Gasteiger partial charge is 0.325 e. The number of benzene rings is 1. The molecule has 0 saturated heterocycles. The number of hydrogen-bond acceptors (Lipinski definition) is 2. The van der Waals surface area contributed by atoms with Crippen LogP contribution < -0.4 is 4.72 Å². The highest BCUT2D eigenvalue weighted by molar-refractivity contribution is 7.83. The van der Waals surface area contributed by atoms with Crippen molar-refractivity contribution in [2.24, 2.45) is 0 Å². The van der Waals surface area contributed by atoms with Crippen molar-refractivity contribution >= 4 is 17.0 Å². The Labute approximate surface area is 98.2 Å². The van der Waals surface area contributed by atoms with Gasteiger partial charge in [0.15, 0.2) is 11.0 Å². The second-order valence-electron chi connectivity index (χ2n) is 3.69. The average molecular weight is 240 g/mol. The predicted octanol–water partition coefficient (Wildman–Crippen LogP) is 1.76. The molecule has 5 heteroatoms. The van der Waals surface area contributed by atoms with Crippen molar-refractivity contribution in [1.82, 2.24) is 9.62 Å². The van der Waals surface area contributed by atoms with Gasteiger partial charge in [-0.15, -0.1) is 0 Å². The van der Waals surface area contributed by atoms with E-state index in [4.69, 9.17) is 0 Å². The molecule has 1 aromatic carbocycles. The molecule has 0 radical (unpaired) electrons. The summed E-state index contributed by atoms with van der Waals surface area (Å²) in [6, 6.07) is 8.57. The number of carbonyl (C=O) groups excluding carboxylic acids is 1. The van der Waals surface area contributed by atoms with Crippen LogP contribution in [0.15, 0.2) is 35.2 Å². The van der Waals surface area contributed by atoms with Gasteiger partial charge in [-0.3, -0.25) is 4.72 Å². The van der Waals surface area contributed by atoms with E-state index in [1.165, 1.54) is 4.90 Å². The number of amides is 2. The Bertz CT molecular complexity index is 379. The third-order valence-corrected chi connectivity index (χ3v) is 3.29. The van der Waals surface area contributed by atoms with Gasteiger partial charge in [-0.1, -0.05) is 18.2 Å². The van der Waals surface area contributed by atoms with Crippen LogP contribution in [0.2, 0.25) is 0 Å². The third kappa shape index (κ3) is 3.34. The van der Waals surface area contributed by atoms with Gasteiger partial charge in [0.2, 0.25) is 0 Å². The van der Waals surface area contributed by atoms with Gasteiger partial charge in [0, 0.05) is 13.1 Å². The molecule has 88 valence electrons. The van der Waals surface area contributed by atoms with Gasteiger partial charge >= 0.3 is 6.03 Å². The van der Waals surface area contributed by atoms with Crippen LogP contribution in [0.3, 0.4) is 0 Å². The lowest BCUT2D eigenvalue weighted by molar-refractivity contribution is 0.204. The Morgan fingerprint density at radius 2 is 1.88 bits per heavy atom. The first-order valence-corrected chi connectivity index (χ1v) is 6.17. The van der Waals surface area contributed by atoms with Crippen LogP contribution in [0.25, 0.3) is 0 Å². The summed E-state index contributed by atoms with van der Waals surface area (Å²) in [6.07, 6.45) is 0. The van der Waals surface area contributed by atoms with Crippen LogP contribution >= 0.6 is 0 Å². The van der Waals surface area contributed by atoms with Gasteiger partial charge in [-0.2, -0.15) is 0 Å². The molecular formula is C11H16N2O2S. The predicted molar refractivity (Wildman–Crippen MR) is 64.3 cm³/mol. The Morgan fingerprint density at radius 3 is 2.38 bits per heavy atom. The third-order valence-electron chi connectivity index (χ3n) is 2.23. The van der Waals surface area contributed by atoms with Gasteiger partial charge in [0.05, 0.1) is 4.90 Å². The van der Waals surface area contributed by atoms with E-state index >= 15 is 0 Å². The first-order chi connectivity index (χ1) is 7.52. The number of rotatable bonds is 3. The van der Waals surface area contributed by atoms with E-state index in [2.05, 4.69) is 4.72 Å². The van der Waals surface area contributed by atoms with E-state index in [0.717, 1.165) is 0 Å². The van der Waals surface area contributed by atoms with E-state index in [1.807, 2.05) is 19.9 Å². The first-order valence-electron chi connectivity index (χ1n) is 5.02. The molecule has 0 aliphatic carbocycles. The lowest BCUT2D eigenvalue weighted by Crippen LogP contribution is -2.41. The lowest BCUT2D eigenvalue weighted by Gasteiger charge is -2.21. The van der Waals surface area contributed by atoms with Gasteiger partial charge in [-0.05, 0) is 26.0 Å². The number of nitrogens with one attached hydrogen (secondary N) is 1. The monoisotopic (exact) mass is 240 g/mol. The van der Waals surface area contributed by atoms with Crippen LogP contribution in [-0.2, 0) is 11.0 Å². The van der Waals surface area contributed by atoms with E-state index in [0.29, 0.717) is 4.90 Å². The normalized spacial score (nSPS) is 12.2. The maximum atomic E-state index is 11.7. The van der Waals surface area contributed by atoms with Crippen LogP contribution in [0.5, 0.6) is 0 Å². The van der Waals surface area contributed by atoms with E-state index in [1.54, 1.807) is 31.3 Å². The van der Waals surface area contributed by atoms with Gasteiger partial charge in [-0.25, -0.2) is 9.00 Å². The summed E-state index contributed by atoms with van der Waals surface area (Å²) >= 11 is 0. The SMILES string of the molecule is CC(C)N(C)C(=O)NS(=O)c1ccccc1. The topological polar surface area (TPSA) is 49.4 Å². The molecule has 0 aliphatic rings. The molecule has 1 unspecified atom stereocenters. The number of nitrogens with zero attached hydrogens (tertiary/aromatic N) is 1. The van der Waals surface area contributed by atoms with Crippen molar-refractivity contribution in [2.45, 2.75) is 24.8 Å². The van der Waals surface area contributed by atoms with E-state index < -0.39 is 11.0 Å². The molecule has 0 aliphatic heterocycles. The zero-order chi connectivity index (χ0) is 12.1. The fourth-order valence-corrected chi connectivity index (χ4v) is 1.81. The quantitative estimate of drug-likeness (QED) is 0.875. The Hall–Kier alpha value is -1.36. The minimum Gasteiger partial charge on any atom is -0.325 e. The molecule has 1 aromatic rings. The molecule has 0 spiro atoms. The Balaban J connectivity index is 2.62. The van der Waals surface area contributed by atoms with Crippen molar-refractivity contribution in [1.29, 1.82) is 0 Å². The molecule has 4 nitrogen and oxygen atoms in total. The number of hydrogen-bond donors (Lipinski definition) is 1. The molecule has 1 rings (SSSR count). The molecule has 1 atom stereocenters. The van der Waals surface area contributed by atoms with Gasteiger partial charge < -0.3 is 4.90 Å². The zero-order valence-electron chi connectivity index (χ0n) is 9.64. The Morgan fingerprint density at radius 1 is 1.31 bits per heavy atom. The highest BCUT2D eigenvalue weighted by Gasteiger charge is 2.14. The summed E-state index contributed by atoms with van der Waals surface area (Å²) in [5, 5.41) is 0. The minimum absolute atomic E-state index is 0.0766. The average Bonchev–Trinajstić information content (AvgIpc) is 2.28. The fourth-order valence-electron chi connectivity index (χ4n) is 0.989. The zero-order valence-corrected chi connectivity index (χ0v) is 10.5. The molecule has 1 N–H and O–H groups in total. The molecular weight excluding hydrogens is 224 g/mol. The number of carbonyl (C=O) groups is 1. The highest BCUT2D eigenvalue weighted by Crippen LogP contribution is 2.04. The molecule has 16 heavy (non-hydrogen) atoms. The summed E-state index contributed by atoms with van der Waals surface area (Å²) in [5.41, 5.74) is 0. The highest BCUT2D eigenvalue weighted by atomic mass is 32.2. The lowest BCUT2D eigenvalue weighted by atomic mass is 10.4. The summed E-state index contributed by atoms with van der Waals surface area (Å²) in [6.45, 7) is 3.79. The van der Waals surface area contributed by atoms with Crippen molar-refractivity contribution in [3.05, 3.63) is 30.3 Å². The molecule has 0 saturated carbocycles. The van der Waals surface area contributed by atoms with E-state index in [-0.39, 0.29) is 12.1 Å². The standard InChI is InChI=1S/C11H16N2O2S/c1-9(2)13(3)11(14)12-16(15)10-7-5-4-6-8-10/h4-9H,1-3H3,(H,12,14). The van der Waals surface area contributed by atoms with Crippen LogP contribution in [0.4, 0.5) is 4.79 Å². The van der Waals surface area contributed by atoms with Crippen LogP contribution in [0.1, 0.15) is 13.8 Å². The van der Waals surface area contributed by atoms with Crippen LogP contribution in [-0.4, -0.2) is 28.2 Å². The maximum absolute atomic E-state index is 11.7. The molecule has 0 heterocycles. The summed E-state index contributed by atoms with van der Waals surface area (Å²) in [5.74, 6) is 0. The second-order valence-corrected chi connectivity index (χ2v) is 4.91. The minimum atomic E-state index is -1.49. The largest absolute Gasteiger partial charge is 0.329 e. The summed E-state index contributed by atoms with van der Waals surface area (Å²) in [7, 11) is 0.177. The molecule has 0 bridgehead atoms. The molecule has 0 aromatic heterocycles. The summed E-state index contributed by atoms with van der Waals surface area (Å²) < 4.78 is 14.2. The van der Waals surface area contributed by atoms with Crippen molar-refractivity contribution in [2.75, 3.05) is 7.05 Å². The van der Waals surface area contributed by atoms with Crippen molar-refractivity contribution in [3.8, 4) is 0 Å².